The van der Waals surface area contributed by atoms with Gasteiger partial charge in [0.1, 0.15) is 0 Å². The van der Waals surface area contributed by atoms with Crippen LogP contribution in [0, 0.1) is 0 Å². The molecule has 2 N–H and O–H groups in total. The van der Waals surface area contributed by atoms with Crippen LogP contribution in [-0.4, -0.2) is 17.4 Å². The molecule has 110 valence electrons. The van der Waals surface area contributed by atoms with Gasteiger partial charge in [0.2, 0.25) is 0 Å². The van der Waals surface area contributed by atoms with Gasteiger partial charge in [-0.1, -0.05) is 35.0 Å². The van der Waals surface area contributed by atoms with Gasteiger partial charge in [-0.3, -0.25) is 9.78 Å². The van der Waals surface area contributed by atoms with Gasteiger partial charge in [0.25, 0.3) is 5.91 Å². The third-order valence-corrected chi connectivity index (χ3v) is 3.53. The SMILES string of the molecule is CCCNc1cnccc1C(=O)NCc1ccc(Br)cc1. The summed E-state index contributed by atoms with van der Waals surface area (Å²) >= 11 is 3.39. The van der Waals surface area contributed by atoms with Crippen molar-refractivity contribution in [2.75, 3.05) is 11.9 Å². The number of pyridine rings is 1. The standard InChI is InChI=1S/C16H18BrN3O/c1-2-8-19-15-11-18-9-7-14(15)16(21)20-10-12-3-5-13(17)6-4-12/h3-7,9,11,19H,2,8,10H2,1H3,(H,20,21). The quantitative estimate of drug-likeness (QED) is 0.839. The zero-order chi connectivity index (χ0) is 15.1. The predicted octanol–water partition coefficient (Wildman–Crippen LogP) is 3.60. The summed E-state index contributed by atoms with van der Waals surface area (Å²) in [6.45, 7) is 3.40. The fourth-order valence-corrected chi connectivity index (χ4v) is 2.14. The first-order valence-corrected chi connectivity index (χ1v) is 7.70. The summed E-state index contributed by atoms with van der Waals surface area (Å²) in [4.78, 5) is 16.3. The summed E-state index contributed by atoms with van der Waals surface area (Å²) < 4.78 is 1.03. The molecule has 0 radical (unpaired) electrons. The van der Waals surface area contributed by atoms with Crippen LogP contribution in [0.25, 0.3) is 0 Å². The van der Waals surface area contributed by atoms with E-state index in [1.807, 2.05) is 24.3 Å². The lowest BCUT2D eigenvalue weighted by molar-refractivity contribution is 0.0951. The van der Waals surface area contributed by atoms with Crippen LogP contribution in [0.15, 0.2) is 47.2 Å². The second-order valence-electron chi connectivity index (χ2n) is 4.66. The molecule has 0 aliphatic heterocycles. The molecule has 2 aromatic rings. The zero-order valence-electron chi connectivity index (χ0n) is 11.9. The van der Waals surface area contributed by atoms with Gasteiger partial charge in [-0.05, 0) is 30.2 Å². The number of halogens is 1. The number of amides is 1. The van der Waals surface area contributed by atoms with E-state index in [0.29, 0.717) is 12.1 Å². The Morgan fingerprint density at radius 2 is 2.00 bits per heavy atom. The topological polar surface area (TPSA) is 54.0 Å². The highest BCUT2D eigenvalue weighted by molar-refractivity contribution is 9.10. The lowest BCUT2D eigenvalue weighted by Crippen LogP contribution is -2.24. The average molecular weight is 348 g/mol. The van der Waals surface area contributed by atoms with Crippen molar-refractivity contribution in [2.24, 2.45) is 0 Å². The van der Waals surface area contributed by atoms with Crippen LogP contribution in [0.3, 0.4) is 0 Å². The largest absolute Gasteiger partial charge is 0.383 e. The fourth-order valence-electron chi connectivity index (χ4n) is 1.87. The number of hydrogen-bond acceptors (Lipinski definition) is 3. The van der Waals surface area contributed by atoms with Crippen LogP contribution < -0.4 is 10.6 Å². The number of hydrogen-bond donors (Lipinski definition) is 2. The van der Waals surface area contributed by atoms with Gasteiger partial charge in [-0.15, -0.1) is 0 Å². The summed E-state index contributed by atoms with van der Waals surface area (Å²) in [7, 11) is 0. The summed E-state index contributed by atoms with van der Waals surface area (Å²) in [6.07, 6.45) is 4.31. The Bertz CT molecular complexity index is 599. The number of benzene rings is 1. The average Bonchev–Trinajstić information content (AvgIpc) is 2.52. The van der Waals surface area contributed by atoms with Gasteiger partial charge in [0, 0.05) is 23.8 Å². The fraction of sp³-hybridized carbons (Fsp3) is 0.250. The molecule has 0 atom stereocenters. The van der Waals surface area contributed by atoms with E-state index >= 15 is 0 Å². The molecule has 0 spiro atoms. The number of nitrogens with one attached hydrogen (secondary N) is 2. The number of carbonyl (C=O) groups is 1. The van der Waals surface area contributed by atoms with Crippen molar-refractivity contribution in [3.63, 3.8) is 0 Å². The molecule has 0 unspecified atom stereocenters. The van der Waals surface area contributed by atoms with E-state index in [2.05, 4.69) is 38.5 Å². The van der Waals surface area contributed by atoms with E-state index in [9.17, 15) is 4.79 Å². The molecule has 2 rings (SSSR count). The summed E-state index contributed by atoms with van der Waals surface area (Å²) in [5, 5.41) is 6.15. The number of aromatic nitrogens is 1. The Labute approximate surface area is 133 Å². The van der Waals surface area contributed by atoms with Gasteiger partial charge in [-0.2, -0.15) is 0 Å². The molecule has 21 heavy (non-hydrogen) atoms. The van der Waals surface area contributed by atoms with Crippen LogP contribution in [0.5, 0.6) is 0 Å². The van der Waals surface area contributed by atoms with Crippen molar-refractivity contribution < 1.29 is 4.79 Å². The second kappa shape index (κ2) is 7.78. The number of carbonyl (C=O) groups excluding carboxylic acids is 1. The molecule has 0 bridgehead atoms. The Kier molecular flexibility index (Phi) is 5.75. The van der Waals surface area contributed by atoms with Crippen molar-refractivity contribution in [3.05, 3.63) is 58.3 Å². The smallest absolute Gasteiger partial charge is 0.253 e. The first-order valence-electron chi connectivity index (χ1n) is 6.91. The maximum absolute atomic E-state index is 12.3. The molecule has 0 saturated carbocycles. The van der Waals surface area contributed by atoms with E-state index < -0.39 is 0 Å². The lowest BCUT2D eigenvalue weighted by Gasteiger charge is -2.11. The van der Waals surface area contributed by atoms with Gasteiger partial charge in [-0.25, -0.2) is 0 Å². The Morgan fingerprint density at radius 1 is 1.24 bits per heavy atom. The summed E-state index contributed by atoms with van der Waals surface area (Å²) in [5.74, 6) is -0.0982. The highest BCUT2D eigenvalue weighted by Gasteiger charge is 2.10. The maximum atomic E-state index is 12.3. The molecule has 0 aliphatic carbocycles. The highest BCUT2D eigenvalue weighted by Crippen LogP contribution is 2.14. The van der Waals surface area contributed by atoms with Crippen LogP contribution in [0.4, 0.5) is 5.69 Å². The highest BCUT2D eigenvalue weighted by atomic mass is 79.9. The van der Waals surface area contributed by atoms with Gasteiger partial charge in [0.15, 0.2) is 0 Å². The zero-order valence-corrected chi connectivity index (χ0v) is 13.5. The monoisotopic (exact) mass is 347 g/mol. The molecule has 1 heterocycles. The number of anilines is 1. The maximum Gasteiger partial charge on any atom is 0.253 e. The molecular formula is C16H18BrN3O. The van der Waals surface area contributed by atoms with Crippen molar-refractivity contribution in [1.82, 2.24) is 10.3 Å². The molecule has 1 aromatic carbocycles. The van der Waals surface area contributed by atoms with Crippen molar-refractivity contribution in [1.29, 1.82) is 0 Å². The van der Waals surface area contributed by atoms with Gasteiger partial charge >= 0.3 is 0 Å². The van der Waals surface area contributed by atoms with Crippen LogP contribution in [-0.2, 0) is 6.54 Å². The first kappa shape index (κ1) is 15.5. The first-order chi connectivity index (χ1) is 10.2. The van der Waals surface area contributed by atoms with Gasteiger partial charge in [0.05, 0.1) is 17.4 Å². The molecular weight excluding hydrogens is 330 g/mol. The Hall–Kier alpha value is -1.88. The van der Waals surface area contributed by atoms with Crippen molar-refractivity contribution >= 4 is 27.5 Å². The predicted molar refractivity (Wildman–Crippen MR) is 88.3 cm³/mol. The third-order valence-electron chi connectivity index (χ3n) is 3.00. The third kappa shape index (κ3) is 4.56. The molecule has 1 amide bonds. The van der Waals surface area contributed by atoms with Gasteiger partial charge < -0.3 is 10.6 Å². The number of rotatable bonds is 6. The van der Waals surface area contributed by atoms with Crippen LogP contribution >= 0.6 is 15.9 Å². The normalized spacial score (nSPS) is 10.2. The summed E-state index contributed by atoms with van der Waals surface area (Å²) in [6, 6.07) is 9.61. The molecule has 1 aromatic heterocycles. The molecule has 0 fully saturated rings. The van der Waals surface area contributed by atoms with E-state index in [0.717, 1.165) is 28.7 Å². The van der Waals surface area contributed by atoms with Crippen LogP contribution in [0.2, 0.25) is 0 Å². The Balaban J connectivity index is 2.01. The minimum Gasteiger partial charge on any atom is -0.383 e. The van der Waals surface area contributed by atoms with E-state index in [1.165, 1.54) is 0 Å². The number of nitrogens with zero attached hydrogens (tertiary/aromatic N) is 1. The summed E-state index contributed by atoms with van der Waals surface area (Å²) in [5.41, 5.74) is 2.45. The van der Waals surface area contributed by atoms with E-state index in [-0.39, 0.29) is 5.91 Å². The van der Waals surface area contributed by atoms with Crippen LogP contribution in [0.1, 0.15) is 29.3 Å². The van der Waals surface area contributed by atoms with E-state index in [4.69, 9.17) is 0 Å². The minimum atomic E-state index is -0.0982. The molecule has 4 nitrogen and oxygen atoms in total. The molecule has 5 heteroatoms. The van der Waals surface area contributed by atoms with Crippen molar-refractivity contribution in [3.8, 4) is 0 Å². The van der Waals surface area contributed by atoms with E-state index in [1.54, 1.807) is 18.5 Å². The molecule has 0 aliphatic rings. The lowest BCUT2D eigenvalue weighted by atomic mass is 10.2. The minimum absolute atomic E-state index is 0.0982. The second-order valence-corrected chi connectivity index (χ2v) is 5.57. The Morgan fingerprint density at radius 3 is 2.71 bits per heavy atom. The van der Waals surface area contributed by atoms with Crippen molar-refractivity contribution in [2.45, 2.75) is 19.9 Å². The molecule has 0 saturated heterocycles.